The number of carbonyl (C=O) groups excluding carboxylic acids is 1. The summed E-state index contributed by atoms with van der Waals surface area (Å²) in [6, 6.07) is 23.1. The number of hydrogen-bond acceptors (Lipinski definition) is 4. The lowest BCUT2D eigenvalue weighted by Crippen LogP contribution is -2.30. The van der Waals surface area contributed by atoms with Crippen LogP contribution in [0.25, 0.3) is 10.2 Å². The number of aromatic nitrogens is 1. The monoisotopic (exact) mass is 452 g/mol. The summed E-state index contributed by atoms with van der Waals surface area (Å²) in [5, 5.41) is 0.667. The van der Waals surface area contributed by atoms with Crippen LogP contribution in [0.15, 0.2) is 77.3 Å². The first-order valence-electron chi connectivity index (χ1n) is 8.70. The second-order valence-corrected chi connectivity index (χ2v) is 8.14. The van der Waals surface area contributed by atoms with Crippen molar-refractivity contribution in [3.05, 3.63) is 88.4 Å². The summed E-state index contributed by atoms with van der Waals surface area (Å²) in [6.07, 6.45) is 0. The normalized spacial score (nSPS) is 10.8. The van der Waals surface area contributed by atoms with Crippen LogP contribution in [0.2, 0.25) is 0 Å². The number of methoxy groups -OCH3 is 1. The van der Waals surface area contributed by atoms with Crippen LogP contribution in [-0.2, 0) is 6.54 Å². The molecule has 0 fully saturated rings. The van der Waals surface area contributed by atoms with E-state index in [1.54, 1.807) is 12.0 Å². The van der Waals surface area contributed by atoms with E-state index in [2.05, 4.69) is 15.9 Å². The zero-order chi connectivity index (χ0) is 19.5. The molecule has 4 nitrogen and oxygen atoms in total. The summed E-state index contributed by atoms with van der Waals surface area (Å²) >= 11 is 4.91. The van der Waals surface area contributed by atoms with Crippen molar-refractivity contribution in [1.29, 1.82) is 0 Å². The topological polar surface area (TPSA) is 42.4 Å². The first kappa shape index (κ1) is 18.7. The number of hydrogen-bond donors (Lipinski definition) is 0. The van der Waals surface area contributed by atoms with Gasteiger partial charge in [0.15, 0.2) is 5.13 Å². The molecule has 140 valence electrons. The molecule has 0 saturated carbocycles. The van der Waals surface area contributed by atoms with Crippen LogP contribution < -0.4 is 9.64 Å². The van der Waals surface area contributed by atoms with Crippen molar-refractivity contribution >= 4 is 48.5 Å². The summed E-state index contributed by atoms with van der Waals surface area (Å²) in [4.78, 5) is 19.8. The Morgan fingerprint density at radius 1 is 1.07 bits per heavy atom. The fourth-order valence-corrected chi connectivity index (χ4v) is 4.13. The molecular formula is C22H17BrN2O2S. The van der Waals surface area contributed by atoms with E-state index in [4.69, 9.17) is 9.72 Å². The van der Waals surface area contributed by atoms with Gasteiger partial charge < -0.3 is 4.74 Å². The Morgan fingerprint density at radius 2 is 1.82 bits per heavy atom. The minimum atomic E-state index is -0.0811. The molecule has 1 aromatic heterocycles. The Labute approximate surface area is 175 Å². The third-order valence-corrected chi connectivity index (χ3v) is 5.90. The molecule has 0 saturated heterocycles. The van der Waals surface area contributed by atoms with Gasteiger partial charge in [0.1, 0.15) is 5.75 Å². The van der Waals surface area contributed by atoms with Crippen molar-refractivity contribution in [1.82, 2.24) is 4.98 Å². The third-order valence-electron chi connectivity index (χ3n) is 4.34. The van der Waals surface area contributed by atoms with E-state index >= 15 is 0 Å². The molecule has 1 amide bonds. The molecule has 3 aromatic carbocycles. The molecule has 0 bridgehead atoms. The van der Waals surface area contributed by atoms with Crippen LogP contribution >= 0.6 is 27.3 Å². The third kappa shape index (κ3) is 3.93. The minimum Gasteiger partial charge on any atom is -0.497 e. The maximum Gasteiger partial charge on any atom is 0.260 e. The number of rotatable bonds is 5. The van der Waals surface area contributed by atoms with Gasteiger partial charge in [0.25, 0.3) is 5.91 Å². The highest BCUT2D eigenvalue weighted by Gasteiger charge is 2.22. The first-order valence-corrected chi connectivity index (χ1v) is 10.3. The van der Waals surface area contributed by atoms with Crippen LogP contribution in [-0.4, -0.2) is 18.0 Å². The Hall–Kier alpha value is -2.70. The van der Waals surface area contributed by atoms with Crippen LogP contribution in [0.3, 0.4) is 0 Å². The lowest BCUT2D eigenvalue weighted by atomic mass is 10.1. The number of anilines is 1. The fourth-order valence-electron chi connectivity index (χ4n) is 2.88. The number of ether oxygens (including phenoxy) is 1. The van der Waals surface area contributed by atoms with Crippen molar-refractivity contribution in [3.63, 3.8) is 0 Å². The molecular weight excluding hydrogens is 436 g/mol. The molecule has 0 unspecified atom stereocenters. The van der Waals surface area contributed by atoms with Crippen LogP contribution in [0, 0.1) is 0 Å². The average Bonchev–Trinajstić information content (AvgIpc) is 3.15. The SMILES string of the molecule is COc1ccc2nc(N(Cc3ccccc3)C(=O)c3ccc(Br)cc3)sc2c1. The van der Waals surface area contributed by atoms with Crippen LogP contribution in [0.4, 0.5) is 5.13 Å². The molecule has 4 rings (SSSR count). The largest absolute Gasteiger partial charge is 0.497 e. The highest BCUT2D eigenvalue weighted by molar-refractivity contribution is 9.10. The maximum absolute atomic E-state index is 13.3. The van der Waals surface area contributed by atoms with Gasteiger partial charge in [-0.15, -0.1) is 0 Å². The molecule has 0 spiro atoms. The summed E-state index contributed by atoms with van der Waals surface area (Å²) in [5.74, 6) is 0.693. The van der Waals surface area contributed by atoms with Gasteiger partial charge in [-0.25, -0.2) is 4.98 Å². The number of thiazole rings is 1. The zero-order valence-electron chi connectivity index (χ0n) is 15.1. The van der Waals surface area contributed by atoms with Gasteiger partial charge in [-0.3, -0.25) is 9.69 Å². The van der Waals surface area contributed by atoms with Gasteiger partial charge in [-0.05, 0) is 48.0 Å². The highest BCUT2D eigenvalue weighted by atomic mass is 79.9. The lowest BCUT2D eigenvalue weighted by Gasteiger charge is -2.20. The maximum atomic E-state index is 13.3. The van der Waals surface area contributed by atoms with E-state index in [0.29, 0.717) is 17.2 Å². The number of amides is 1. The number of carbonyl (C=O) groups is 1. The summed E-state index contributed by atoms with van der Waals surface area (Å²) in [7, 11) is 1.64. The molecule has 0 aliphatic heterocycles. The highest BCUT2D eigenvalue weighted by Crippen LogP contribution is 2.33. The van der Waals surface area contributed by atoms with E-state index in [0.717, 1.165) is 26.0 Å². The zero-order valence-corrected chi connectivity index (χ0v) is 17.5. The predicted molar refractivity (Wildman–Crippen MR) is 117 cm³/mol. The molecule has 0 aliphatic carbocycles. The quantitative estimate of drug-likeness (QED) is 0.377. The molecule has 0 aliphatic rings. The Bertz CT molecular complexity index is 1110. The second kappa shape index (κ2) is 8.12. The first-order chi connectivity index (χ1) is 13.6. The number of nitrogens with zero attached hydrogens (tertiary/aromatic N) is 2. The van der Waals surface area contributed by atoms with Gasteiger partial charge in [0, 0.05) is 10.0 Å². The minimum absolute atomic E-state index is 0.0811. The van der Waals surface area contributed by atoms with Gasteiger partial charge in [0.2, 0.25) is 0 Å². The number of halogens is 1. The van der Waals surface area contributed by atoms with Crippen molar-refractivity contribution in [3.8, 4) is 5.75 Å². The van der Waals surface area contributed by atoms with Crippen LogP contribution in [0.5, 0.6) is 5.75 Å². The van der Waals surface area contributed by atoms with Crippen molar-refractivity contribution in [2.75, 3.05) is 12.0 Å². The van der Waals surface area contributed by atoms with Crippen molar-refractivity contribution < 1.29 is 9.53 Å². The molecule has 0 atom stereocenters. The fraction of sp³-hybridized carbons (Fsp3) is 0.0909. The number of fused-ring (bicyclic) bond motifs is 1. The van der Waals surface area contributed by atoms with E-state index in [-0.39, 0.29) is 5.91 Å². The van der Waals surface area contributed by atoms with E-state index < -0.39 is 0 Å². The number of benzene rings is 3. The summed E-state index contributed by atoms with van der Waals surface area (Å²) < 4.78 is 7.23. The lowest BCUT2D eigenvalue weighted by molar-refractivity contribution is 0.0985. The van der Waals surface area contributed by atoms with Gasteiger partial charge >= 0.3 is 0 Å². The Morgan fingerprint density at radius 3 is 2.54 bits per heavy atom. The molecule has 0 N–H and O–H groups in total. The van der Waals surface area contributed by atoms with Gasteiger partial charge in [0.05, 0.1) is 23.9 Å². The predicted octanol–water partition coefficient (Wildman–Crippen LogP) is 5.91. The molecule has 0 radical (unpaired) electrons. The van der Waals surface area contributed by atoms with E-state index in [1.807, 2.05) is 72.8 Å². The van der Waals surface area contributed by atoms with Gasteiger partial charge in [-0.1, -0.05) is 57.6 Å². The Balaban J connectivity index is 1.75. The summed E-state index contributed by atoms with van der Waals surface area (Å²) in [6.45, 7) is 0.451. The molecule has 4 aromatic rings. The van der Waals surface area contributed by atoms with Gasteiger partial charge in [-0.2, -0.15) is 0 Å². The second-order valence-electron chi connectivity index (χ2n) is 6.21. The van der Waals surface area contributed by atoms with Crippen molar-refractivity contribution in [2.45, 2.75) is 6.54 Å². The van der Waals surface area contributed by atoms with Crippen molar-refractivity contribution in [2.24, 2.45) is 0 Å². The molecule has 6 heteroatoms. The molecule has 1 heterocycles. The molecule has 28 heavy (non-hydrogen) atoms. The standard InChI is InChI=1S/C22H17BrN2O2S/c1-27-18-11-12-19-20(13-18)28-22(24-19)25(14-15-5-3-2-4-6-15)21(26)16-7-9-17(23)10-8-16/h2-13H,14H2,1H3. The van der Waals surface area contributed by atoms with Crippen LogP contribution in [0.1, 0.15) is 15.9 Å². The van der Waals surface area contributed by atoms with E-state index in [1.165, 1.54) is 11.3 Å². The smallest absolute Gasteiger partial charge is 0.260 e. The van der Waals surface area contributed by atoms with E-state index in [9.17, 15) is 4.79 Å². The average molecular weight is 453 g/mol. The summed E-state index contributed by atoms with van der Waals surface area (Å²) in [5.41, 5.74) is 2.52. The Kier molecular flexibility index (Phi) is 5.41.